The number of halogens is 1. The number of esters is 1. The molecule has 0 aromatic heterocycles. The van der Waals surface area contributed by atoms with Crippen molar-refractivity contribution in [2.45, 2.75) is 18.1 Å². The van der Waals surface area contributed by atoms with E-state index in [1.807, 2.05) is 6.07 Å². The van der Waals surface area contributed by atoms with Crippen molar-refractivity contribution in [1.82, 2.24) is 10.2 Å². The summed E-state index contributed by atoms with van der Waals surface area (Å²) in [5.41, 5.74) is -0.411. The minimum atomic E-state index is -1.21. The molecule has 0 aliphatic carbocycles. The zero-order chi connectivity index (χ0) is 17.0. The van der Waals surface area contributed by atoms with Crippen molar-refractivity contribution in [2.75, 3.05) is 7.11 Å². The number of β-lactam (4-membered cyclic amide) rings is 1. The van der Waals surface area contributed by atoms with Gasteiger partial charge >= 0.3 is 18.0 Å². The van der Waals surface area contributed by atoms with Gasteiger partial charge in [-0.25, -0.2) is 9.59 Å². The molecule has 0 bridgehead atoms. The monoisotopic (exact) mass is 340 g/mol. The Kier molecular flexibility index (Phi) is 5.17. The molecule has 8 nitrogen and oxygen atoms in total. The van der Waals surface area contributed by atoms with Crippen molar-refractivity contribution in [3.63, 3.8) is 0 Å². The summed E-state index contributed by atoms with van der Waals surface area (Å²) in [4.78, 5) is 46.5. The van der Waals surface area contributed by atoms with Gasteiger partial charge in [0.2, 0.25) is 0 Å². The standard InChI is InChI=1S/C14H13ClN2O6/c1-22-13(20)12(19)17-10(15)9(11(17)18)16-14(21)23-7-8-5-3-2-4-6-8/h2-6,9-10H,7H2,1H3,(H,16,21). The Labute approximate surface area is 136 Å². The van der Waals surface area contributed by atoms with Gasteiger partial charge in [-0.15, -0.1) is 0 Å². The topological polar surface area (TPSA) is 102 Å². The molecule has 2 unspecified atom stereocenters. The van der Waals surface area contributed by atoms with Crippen molar-refractivity contribution in [1.29, 1.82) is 0 Å². The number of amides is 3. The van der Waals surface area contributed by atoms with Gasteiger partial charge in [-0.2, -0.15) is 0 Å². The third-order valence-electron chi connectivity index (χ3n) is 3.09. The number of nitrogens with zero attached hydrogens (tertiary/aromatic N) is 1. The average Bonchev–Trinajstić information content (AvgIpc) is 2.58. The van der Waals surface area contributed by atoms with Crippen molar-refractivity contribution in [3.05, 3.63) is 35.9 Å². The van der Waals surface area contributed by atoms with Crippen LogP contribution in [0.1, 0.15) is 5.56 Å². The molecule has 1 fully saturated rings. The molecule has 2 atom stereocenters. The van der Waals surface area contributed by atoms with E-state index in [-0.39, 0.29) is 6.61 Å². The Hall–Kier alpha value is -2.61. The predicted octanol–water partition coefficient (Wildman–Crippen LogP) is 0.388. The third-order valence-corrected chi connectivity index (χ3v) is 3.54. The van der Waals surface area contributed by atoms with Crippen molar-refractivity contribution >= 4 is 35.5 Å². The Morgan fingerprint density at radius 3 is 2.48 bits per heavy atom. The highest BCUT2D eigenvalue weighted by atomic mass is 35.5. The number of benzene rings is 1. The van der Waals surface area contributed by atoms with E-state index < -0.39 is 35.4 Å². The molecular formula is C14H13ClN2O6. The SMILES string of the molecule is COC(=O)C(=O)N1C(=O)C(NC(=O)OCc2ccccc2)C1Cl. The zero-order valence-corrected chi connectivity index (χ0v) is 12.8. The molecule has 1 N–H and O–H groups in total. The molecule has 122 valence electrons. The summed E-state index contributed by atoms with van der Waals surface area (Å²) in [5.74, 6) is -3.21. The summed E-state index contributed by atoms with van der Waals surface area (Å²) in [7, 11) is 1.00. The van der Waals surface area contributed by atoms with Gasteiger partial charge in [0.25, 0.3) is 5.91 Å². The van der Waals surface area contributed by atoms with Gasteiger partial charge in [0.15, 0.2) is 0 Å². The predicted molar refractivity (Wildman–Crippen MR) is 77.1 cm³/mol. The highest BCUT2D eigenvalue weighted by Crippen LogP contribution is 2.24. The molecule has 0 radical (unpaired) electrons. The molecule has 23 heavy (non-hydrogen) atoms. The molecule has 1 aromatic rings. The maximum absolute atomic E-state index is 11.8. The smallest absolute Gasteiger partial charge is 0.408 e. The van der Waals surface area contributed by atoms with Gasteiger partial charge in [0.05, 0.1) is 7.11 Å². The number of carbonyl (C=O) groups excluding carboxylic acids is 4. The number of likely N-dealkylation sites (tertiary alicyclic amines) is 1. The summed E-state index contributed by atoms with van der Waals surface area (Å²) >= 11 is 5.84. The van der Waals surface area contributed by atoms with Crippen LogP contribution in [0, 0.1) is 0 Å². The minimum absolute atomic E-state index is 0.0192. The highest BCUT2D eigenvalue weighted by molar-refractivity contribution is 6.40. The second-order valence-electron chi connectivity index (χ2n) is 4.56. The molecule has 1 aliphatic heterocycles. The van der Waals surface area contributed by atoms with Crippen LogP contribution in [0.15, 0.2) is 30.3 Å². The fraction of sp³-hybridized carbons (Fsp3) is 0.286. The molecule has 2 rings (SSSR count). The van der Waals surface area contributed by atoms with Gasteiger partial charge in [0.1, 0.15) is 18.1 Å². The first-order chi connectivity index (χ1) is 11.0. The van der Waals surface area contributed by atoms with Crippen LogP contribution in [-0.2, 0) is 30.5 Å². The van der Waals surface area contributed by atoms with Crippen molar-refractivity contribution in [2.24, 2.45) is 0 Å². The van der Waals surface area contributed by atoms with Gasteiger partial charge < -0.3 is 14.8 Å². The third kappa shape index (κ3) is 3.59. The maximum atomic E-state index is 11.8. The van der Waals surface area contributed by atoms with Crippen LogP contribution < -0.4 is 5.32 Å². The number of nitrogens with one attached hydrogen (secondary N) is 1. The van der Waals surface area contributed by atoms with E-state index in [2.05, 4.69) is 10.1 Å². The highest BCUT2D eigenvalue weighted by Gasteiger charge is 2.52. The Morgan fingerprint density at radius 1 is 1.26 bits per heavy atom. The van der Waals surface area contributed by atoms with Crippen LogP contribution in [0.5, 0.6) is 0 Å². The van der Waals surface area contributed by atoms with E-state index >= 15 is 0 Å². The van der Waals surface area contributed by atoms with Gasteiger partial charge in [0, 0.05) is 0 Å². The molecule has 3 amide bonds. The lowest BCUT2D eigenvalue weighted by atomic mass is 10.1. The van der Waals surface area contributed by atoms with E-state index in [9.17, 15) is 19.2 Å². The molecule has 0 spiro atoms. The zero-order valence-electron chi connectivity index (χ0n) is 12.0. The lowest BCUT2D eigenvalue weighted by molar-refractivity contribution is -0.169. The number of imide groups is 1. The number of rotatable bonds is 3. The summed E-state index contributed by atoms with van der Waals surface area (Å²) < 4.78 is 9.16. The summed E-state index contributed by atoms with van der Waals surface area (Å²) in [6.45, 7) is 0.0192. The largest absolute Gasteiger partial charge is 0.462 e. The van der Waals surface area contributed by atoms with Crippen molar-refractivity contribution < 1.29 is 28.7 Å². The number of carbonyl (C=O) groups is 4. The van der Waals surface area contributed by atoms with E-state index in [1.165, 1.54) is 0 Å². The molecule has 0 saturated carbocycles. The maximum Gasteiger partial charge on any atom is 0.408 e. The van der Waals surface area contributed by atoms with Crippen LogP contribution >= 0.6 is 11.6 Å². The van der Waals surface area contributed by atoms with Gasteiger partial charge in [-0.3, -0.25) is 14.5 Å². The van der Waals surface area contributed by atoms with Crippen LogP contribution in [-0.4, -0.2) is 47.4 Å². The summed E-state index contributed by atoms with van der Waals surface area (Å²) in [6.07, 6.45) is -0.858. The number of alkyl carbamates (subject to hydrolysis) is 1. The number of methoxy groups -OCH3 is 1. The van der Waals surface area contributed by atoms with Crippen LogP contribution in [0.3, 0.4) is 0 Å². The Bertz CT molecular complexity index is 635. The lowest BCUT2D eigenvalue weighted by Gasteiger charge is -2.40. The van der Waals surface area contributed by atoms with Gasteiger partial charge in [-0.1, -0.05) is 41.9 Å². The fourth-order valence-electron chi connectivity index (χ4n) is 1.88. The summed E-state index contributed by atoms with van der Waals surface area (Å²) in [5, 5.41) is 2.24. The second kappa shape index (κ2) is 7.10. The van der Waals surface area contributed by atoms with Crippen LogP contribution in [0.25, 0.3) is 0 Å². The molecule has 1 saturated heterocycles. The van der Waals surface area contributed by atoms with E-state index in [1.54, 1.807) is 24.3 Å². The van der Waals surface area contributed by atoms with Gasteiger partial charge in [-0.05, 0) is 5.56 Å². The molecule has 1 aromatic carbocycles. The molecule has 1 aliphatic rings. The first-order valence-corrected chi connectivity index (χ1v) is 6.96. The number of alkyl halides is 1. The number of hydrogen-bond acceptors (Lipinski definition) is 6. The summed E-state index contributed by atoms with van der Waals surface area (Å²) in [6, 6.07) is 7.79. The minimum Gasteiger partial charge on any atom is -0.462 e. The van der Waals surface area contributed by atoms with Crippen LogP contribution in [0.4, 0.5) is 4.79 Å². The Morgan fingerprint density at radius 2 is 1.91 bits per heavy atom. The van der Waals surface area contributed by atoms with E-state index in [0.717, 1.165) is 12.7 Å². The normalized spacial score (nSPS) is 19.6. The van der Waals surface area contributed by atoms with E-state index in [0.29, 0.717) is 4.90 Å². The number of ether oxygens (including phenoxy) is 2. The van der Waals surface area contributed by atoms with Crippen LogP contribution in [0.2, 0.25) is 0 Å². The van der Waals surface area contributed by atoms with Crippen molar-refractivity contribution in [3.8, 4) is 0 Å². The fourth-order valence-corrected chi connectivity index (χ4v) is 2.23. The lowest BCUT2D eigenvalue weighted by Crippen LogP contribution is -2.71. The molecular weight excluding hydrogens is 328 g/mol. The average molecular weight is 341 g/mol. The molecule has 1 heterocycles. The Balaban J connectivity index is 1.85. The molecule has 9 heteroatoms. The number of hydrogen-bond donors (Lipinski definition) is 1. The second-order valence-corrected chi connectivity index (χ2v) is 5.01. The first-order valence-electron chi connectivity index (χ1n) is 6.52. The first kappa shape index (κ1) is 16.8. The quantitative estimate of drug-likeness (QED) is 0.281. The van der Waals surface area contributed by atoms with E-state index in [4.69, 9.17) is 16.3 Å².